The van der Waals surface area contributed by atoms with Gasteiger partial charge in [-0.15, -0.1) is 24.0 Å². The first-order valence-corrected chi connectivity index (χ1v) is 12.0. The molecule has 0 saturated carbocycles. The summed E-state index contributed by atoms with van der Waals surface area (Å²) in [6, 6.07) is 11.0. The molecular weight excluding hydrogens is 525 g/mol. The molecule has 3 rings (SSSR count). The van der Waals surface area contributed by atoms with Gasteiger partial charge in [0.25, 0.3) is 0 Å². The number of halogens is 1. The van der Waals surface area contributed by atoms with Crippen LogP contribution in [-0.2, 0) is 6.54 Å². The fourth-order valence-electron chi connectivity index (χ4n) is 4.28. The van der Waals surface area contributed by atoms with Gasteiger partial charge in [-0.1, -0.05) is 12.1 Å². The molecule has 0 bridgehead atoms. The van der Waals surface area contributed by atoms with Crippen molar-refractivity contribution in [1.82, 2.24) is 25.3 Å². The molecule has 33 heavy (non-hydrogen) atoms. The van der Waals surface area contributed by atoms with Crippen molar-refractivity contribution in [2.24, 2.45) is 4.99 Å². The molecule has 1 aromatic carbocycles. The predicted octanol–water partition coefficient (Wildman–Crippen LogP) is 3.58. The van der Waals surface area contributed by atoms with E-state index in [0.29, 0.717) is 0 Å². The van der Waals surface area contributed by atoms with Gasteiger partial charge < -0.3 is 15.5 Å². The molecule has 2 N–H and O–H groups in total. The Labute approximate surface area is 217 Å². The number of anilines is 1. The quantitative estimate of drug-likeness (QED) is 0.199. The minimum atomic E-state index is 0. The SMILES string of the molecule is CN=C(NCCCCN1CCN(c2cccc(C)c2)CC1)NCCCn1nc(C)cc1C.I. The van der Waals surface area contributed by atoms with Crippen LogP contribution in [0.5, 0.6) is 0 Å². The van der Waals surface area contributed by atoms with E-state index in [1.54, 1.807) is 0 Å². The molecule has 2 aromatic rings. The highest BCUT2D eigenvalue weighted by Gasteiger charge is 2.16. The number of nitrogens with one attached hydrogen (secondary N) is 2. The second-order valence-electron chi connectivity index (χ2n) is 8.80. The van der Waals surface area contributed by atoms with Crippen molar-refractivity contribution in [3.05, 3.63) is 47.3 Å². The lowest BCUT2D eigenvalue weighted by atomic mass is 10.2. The van der Waals surface area contributed by atoms with E-state index >= 15 is 0 Å². The number of rotatable bonds is 10. The maximum atomic E-state index is 4.51. The van der Waals surface area contributed by atoms with Gasteiger partial charge in [0.05, 0.1) is 5.69 Å². The minimum Gasteiger partial charge on any atom is -0.369 e. The number of aliphatic imine (C=N–C) groups is 1. The molecule has 2 heterocycles. The van der Waals surface area contributed by atoms with E-state index in [4.69, 9.17) is 0 Å². The van der Waals surface area contributed by atoms with Crippen molar-refractivity contribution < 1.29 is 0 Å². The van der Waals surface area contributed by atoms with Crippen molar-refractivity contribution in [3.63, 3.8) is 0 Å². The van der Waals surface area contributed by atoms with E-state index in [9.17, 15) is 0 Å². The minimum absolute atomic E-state index is 0. The van der Waals surface area contributed by atoms with Crippen molar-refractivity contribution in [1.29, 1.82) is 0 Å². The Morgan fingerprint density at radius 2 is 1.67 bits per heavy atom. The highest BCUT2D eigenvalue weighted by molar-refractivity contribution is 14.0. The third-order valence-electron chi connectivity index (χ3n) is 6.10. The van der Waals surface area contributed by atoms with Gasteiger partial charge >= 0.3 is 0 Å². The molecule has 1 saturated heterocycles. The Kier molecular flexibility index (Phi) is 12.0. The van der Waals surface area contributed by atoms with Crippen LogP contribution in [0, 0.1) is 20.8 Å². The lowest BCUT2D eigenvalue weighted by Gasteiger charge is -2.36. The summed E-state index contributed by atoms with van der Waals surface area (Å²) in [5.41, 5.74) is 5.01. The van der Waals surface area contributed by atoms with E-state index in [2.05, 4.69) is 79.4 Å². The monoisotopic (exact) mass is 567 g/mol. The number of guanidine groups is 1. The van der Waals surface area contributed by atoms with Gasteiger partial charge in [-0.05, 0) is 70.3 Å². The summed E-state index contributed by atoms with van der Waals surface area (Å²) in [7, 11) is 1.84. The average molecular weight is 568 g/mol. The number of hydrogen-bond donors (Lipinski definition) is 2. The normalized spacial score (nSPS) is 14.8. The third-order valence-corrected chi connectivity index (χ3v) is 6.10. The number of piperazine rings is 1. The summed E-state index contributed by atoms with van der Waals surface area (Å²) in [6.07, 6.45) is 3.40. The van der Waals surface area contributed by atoms with Crippen molar-refractivity contribution in [2.45, 2.75) is 46.6 Å². The van der Waals surface area contributed by atoms with Crippen LogP contribution in [0.3, 0.4) is 0 Å². The number of unbranched alkanes of at least 4 members (excludes halogenated alkanes) is 1. The fraction of sp³-hybridized carbons (Fsp3) is 0.600. The summed E-state index contributed by atoms with van der Waals surface area (Å²) >= 11 is 0. The standard InChI is InChI=1S/C25H41N7.HI/c1-21-9-7-10-24(19-21)31-17-15-30(16-18-31)13-6-5-11-27-25(26-4)28-12-8-14-32-23(3)20-22(2)29-32;/h7,9-10,19-20H,5-6,8,11-18H2,1-4H3,(H2,26,27,28);1H. The Balaban J connectivity index is 0.00000385. The number of hydrogen-bond acceptors (Lipinski definition) is 4. The van der Waals surface area contributed by atoms with Crippen LogP contribution in [0.25, 0.3) is 0 Å². The maximum absolute atomic E-state index is 4.51. The molecule has 0 atom stereocenters. The summed E-state index contributed by atoms with van der Waals surface area (Å²) < 4.78 is 2.08. The van der Waals surface area contributed by atoms with Crippen LogP contribution >= 0.6 is 24.0 Å². The lowest BCUT2D eigenvalue weighted by molar-refractivity contribution is 0.253. The van der Waals surface area contributed by atoms with E-state index in [-0.39, 0.29) is 24.0 Å². The highest BCUT2D eigenvalue weighted by atomic mass is 127. The molecule has 1 aliphatic heterocycles. The summed E-state index contributed by atoms with van der Waals surface area (Å²) in [6.45, 7) is 14.8. The number of aromatic nitrogens is 2. The van der Waals surface area contributed by atoms with E-state index < -0.39 is 0 Å². The Hall–Kier alpha value is -1.81. The second kappa shape index (κ2) is 14.5. The zero-order valence-corrected chi connectivity index (χ0v) is 23.1. The predicted molar refractivity (Wildman–Crippen MR) is 150 cm³/mol. The second-order valence-corrected chi connectivity index (χ2v) is 8.80. The molecule has 184 valence electrons. The molecule has 0 unspecified atom stereocenters. The number of nitrogens with zero attached hydrogens (tertiary/aromatic N) is 5. The van der Waals surface area contributed by atoms with E-state index in [1.165, 1.54) is 29.9 Å². The van der Waals surface area contributed by atoms with Gasteiger partial charge in [-0.3, -0.25) is 14.6 Å². The Morgan fingerprint density at radius 1 is 0.939 bits per heavy atom. The molecule has 8 heteroatoms. The molecule has 0 aliphatic carbocycles. The first-order chi connectivity index (χ1) is 15.5. The van der Waals surface area contributed by atoms with Crippen LogP contribution in [0.2, 0.25) is 0 Å². The van der Waals surface area contributed by atoms with Crippen molar-refractivity contribution in [2.75, 3.05) is 57.8 Å². The van der Waals surface area contributed by atoms with Gasteiger partial charge in [0.1, 0.15) is 0 Å². The average Bonchev–Trinajstić information content (AvgIpc) is 3.12. The fourth-order valence-corrected chi connectivity index (χ4v) is 4.28. The highest BCUT2D eigenvalue weighted by Crippen LogP contribution is 2.17. The largest absolute Gasteiger partial charge is 0.369 e. The van der Waals surface area contributed by atoms with Gasteiger partial charge in [-0.25, -0.2) is 0 Å². The summed E-state index contributed by atoms with van der Waals surface area (Å²) in [5.74, 6) is 0.894. The van der Waals surface area contributed by atoms with Crippen molar-refractivity contribution in [3.8, 4) is 0 Å². The van der Waals surface area contributed by atoms with Crippen LogP contribution < -0.4 is 15.5 Å². The third kappa shape index (κ3) is 9.16. The van der Waals surface area contributed by atoms with Crippen molar-refractivity contribution >= 4 is 35.6 Å². The Bertz CT molecular complexity index is 856. The molecule has 1 aromatic heterocycles. The number of benzene rings is 1. The van der Waals surface area contributed by atoms with Gasteiger partial charge in [0.15, 0.2) is 5.96 Å². The number of aryl methyl sites for hydroxylation is 4. The topological polar surface area (TPSA) is 60.7 Å². The van der Waals surface area contributed by atoms with Crippen LogP contribution in [0.15, 0.2) is 35.3 Å². The first kappa shape index (κ1) is 27.4. The lowest BCUT2D eigenvalue weighted by Crippen LogP contribution is -2.46. The molecular formula is C25H42IN7. The van der Waals surface area contributed by atoms with E-state index in [1.807, 2.05) is 14.0 Å². The van der Waals surface area contributed by atoms with E-state index in [0.717, 1.165) is 70.3 Å². The zero-order chi connectivity index (χ0) is 22.8. The molecule has 7 nitrogen and oxygen atoms in total. The van der Waals surface area contributed by atoms with Crippen LogP contribution in [-0.4, -0.2) is 73.5 Å². The molecule has 1 fully saturated rings. The molecule has 0 amide bonds. The Morgan fingerprint density at radius 3 is 2.30 bits per heavy atom. The summed E-state index contributed by atoms with van der Waals surface area (Å²) in [4.78, 5) is 9.45. The van der Waals surface area contributed by atoms with Gasteiger partial charge in [0.2, 0.25) is 0 Å². The smallest absolute Gasteiger partial charge is 0.190 e. The van der Waals surface area contributed by atoms with Crippen LogP contribution in [0.4, 0.5) is 5.69 Å². The maximum Gasteiger partial charge on any atom is 0.190 e. The summed E-state index contributed by atoms with van der Waals surface area (Å²) in [5, 5.41) is 11.4. The first-order valence-electron chi connectivity index (χ1n) is 12.0. The zero-order valence-electron chi connectivity index (χ0n) is 20.8. The van der Waals surface area contributed by atoms with Crippen LogP contribution in [0.1, 0.15) is 36.2 Å². The van der Waals surface area contributed by atoms with Gasteiger partial charge in [-0.2, -0.15) is 5.10 Å². The molecule has 1 aliphatic rings. The van der Waals surface area contributed by atoms with Gasteiger partial charge in [0, 0.05) is 64.2 Å². The molecule has 0 radical (unpaired) electrons. The molecule has 0 spiro atoms.